The van der Waals surface area contributed by atoms with E-state index in [4.69, 9.17) is 0 Å². The third-order valence-corrected chi connectivity index (χ3v) is 4.09. The number of allylic oxidation sites excluding steroid dienone is 2. The van der Waals surface area contributed by atoms with E-state index in [9.17, 15) is 0 Å². The van der Waals surface area contributed by atoms with Crippen LogP contribution in [-0.4, -0.2) is 18.1 Å². The van der Waals surface area contributed by atoms with E-state index in [1.54, 1.807) is 5.57 Å². The largest absolute Gasteiger partial charge is 0.317 e. The maximum Gasteiger partial charge on any atom is 0.0299 e. The highest BCUT2D eigenvalue weighted by molar-refractivity contribution is 5.08. The molecule has 2 nitrogen and oxygen atoms in total. The Labute approximate surface area is 137 Å². The Morgan fingerprint density at radius 1 is 1.14 bits per heavy atom. The molecular formula is C20H34N2. The van der Waals surface area contributed by atoms with Crippen LogP contribution < -0.4 is 5.32 Å². The SMILES string of the molecule is CCCCC(=CCCCNCCCCc1cccnc1)CC. The summed E-state index contributed by atoms with van der Waals surface area (Å²) in [6.07, 6.45) is 17.6. The van der Waals surface area contributed by atoms with Gasteiger partial charge in [0.1, 0.15) is 0 Å². The molecule has 1 aromatic heterocycles. The molecule has 124 valence electrons. The minimum Gasteiger partial charge on any atom is -0.317 e. The summed E-state index contributed by atoms with van der Waals surface area (Å²) >= 11 is 0. The van der Waals surface area contributed by atoms with Gasteiger partial charge in [-0.25, -0.2) is 0 Å². The van der Waals surface area contributed by atoms with Crippen LogP contribution >= 0.6 is 0 Å². The molecular weight excluding hydrogens is 268 g/mol. The number of hydrogen-bond donors (Lipinski definition) is 1. The van der Waals surface area contributed by atoms with Crippen LogP contribution in [0.5, 0.6) is 0 Å². The van der Waals surface area contributed by atoms with Gasteiger partial charge in [-0.3, -0.25) is 4.98 Å². The molecule has 1 aromatic rings. The topological polar surface area (TPSA) is 24.9 Å². The lowest BCUT2D eigenvalue weighted by molar-refractivity contribution is 0.605. The van der Waals surface area contributed by atoms with Gasteiger partial charge in [-0.1, -0.05) is 38.0 Å². The third-order valence-electron chi connectivity index (χ3n) is 4.09. The fraction of sp³-hybridized carbons (Fsp3) is 0.650. The molecule has 1 rings (SSSR count). The molecule has 2 heteroatoms. The predicted molar refractivity (Wildman–Crippen MR) is 97.2 cm³/mol. The van der Waals surface area contributed by atoms with Crippen molar-refractivity contribution in [1.82, 2.24) is 10.3 Å². The molecule has 0 bridgehead atoms. The number of nitrogens with zero attached hydrogens (tertiary/aromatic N) is 1. The predicted octanol–water partition coefficient (Wildman–Crippen LogP) is 5.30. The molecule has 0 spiro atoms. The summed E-state index contributed by atoms with van der Waals surface area (Å²) in [6.45, 7) is 6.84. The molecule has 0 aromatic carbocycles. The quantitative estimate of drug-likeness (QED) is 0.395. The van der Waals surface area contributed by atoms with Crippen LogP contribution in [-0.2, 0) is 6.42 Å². The monoisotopic (exact) mass is 302 g/mol. The van der Waals surface area contributed by atoms with Crippen molar-refractivity contribution in [2.45, 2.75) is 71.6 Å². The van der Waals surface area contributed by atoms with E-state index >= 15 is 0 Å². The fourth-order valence-corrected chi connectivity index (χ4v) is 2.61. The number of nitrogens with one attached hydrogen (secondary N) is 1. The van der Waals surface area contributed by atoms with Crippen molar-refractivity contribution in [1.29, 1.82) is 0 Å². The Balaban J connectivity index is 1.94. The second-order valence-electron chi connectivity index (χ2n) is 6.03. The van der Waals surface area contributed by atoms with E-state index < -0.39 is 0 Å². The maximum atomic E-state index is 4.15. The van der Waals surface area contributed by atoms with Gasteiger partial charge in [0.15, 0.2) is 0 Å². The summed E-state index contributed by atoms with van der Waals surface area (Å²) in [4.78, 5) is 4.15. The van der Waals surface area contributed by atoms with E-state index in [1.807, 2.05) is 18.5 Å². The highest BCUT2D eigenvalue weighted by Crippen LogP contribution is 2.12. The van der Waals surface area contributed by atoms with Gasteiger partial charge in [-0.15, -0.1) is 0 Å². The van der Waals surface area contributed by atoms with E-state index in [1.165, 1.54) is 56.9 Å². The van der Waals surface area contributed by atoms with Crippen molar-refractivity contribution in [2.24, 2.45) is 0 Å². The zero-order chi connectivity index (χ0) is 15.9. The minimum absolute atomic E-state index is 1.14. The summed E-state index contributed by atoms with van der Waals surface area (Å²) in [5, 5.41) is 3.56. The van der Waals surface area contributed by atoms with Gasteiger partial charge in [0.25, 0.3) is 0 Å². The summed E-state index contributed by atoms with van der Waals surface area (Å²) in [6, 6.07) is 4.18. The lowest BCUT2D eigenvalue weighted by Crippen LogP contribution is -2.16. The van der Waals surface area contributed by atoms with Crippen molar-refractivity contribution in [3.05, 3.63) is 41.7 Å². The van der Waals surface area contributed by atoms with Gasteiger partial charge in [0.05, 0.1) is 0 Å². The molecule has 0 aliphatic rings. The molecule has 0 unspecified atom stereocenters. The van der Waals surface area contributed by atoms with Crippen LogP contribution in [0.25, 0.3) is 0 Å². The molecule has 0 atom stereocenters. The van der Waals surface area contributed by atoms with Crippen molar-refractivity contribution in [2.75, 3.05) is 13.1 Å². The lowest BCUT2D eigenvalue weighted by atomic mass is 10.0. The summed E-state index contributed by atoms with van der Waals surface area (Å²) in [5.41, 5.74) is 3.00. The van der Waals surface area contributed by atoms with Gasteiger partial charge >= 0.3 is 0 Å². The number of pyridine rings is 1. The van der Waals surface area contributed by atoms with Gasteiger partial charge in [-0.2, -0.15) is 0 Å². The molecule has 0 aliphatic carbocycles. The summed E-state index contributed by atoms with van der Waals surface area (Å²) in [7, 11) is 0. The Morgan fingerprint density at radius 3 is 2.73 bits per heavy atom. The van der Waals surface area contributed by atoms with Crippen LogP contribution in [0.3, 0.4) is 0 Å². The van der Waals surface area contributed by atoms with Crippen molar-refractivity contribution < 1.29 is 0 Å². The Morgan fingerprint density at radius 2 is 2.00 bits per heavy atom. The first kappa shape index (κ1) is 18.9. The first-order valence-electron chi connectivity index (χ1n) is 9.14. The van der Waals surface area contributed by atoms with Crippen LogP contribution in [0.4, 0.5) is 0 Å². The second kappa shape index (κ2) is 13.5. The summed E-state index contributed by atoms with van der Waals surface area (Å²) < 4.78 is 0. The second-order valence-corrected chi connectivity index (χ2v) is 6.03. The zero-order valence-corrected chi connectivity index (χ0v) is 14.6. The zero-order valence-electron chi connectivity index (χ0n) is 14.6. The van der Waals surface area contributed by atoms with E-state index in [0.29, 0.717) is 0 Å². The molecule has 0 fully saturated rings. The van der Waals surface area contributed by atoms with Gasteiger partial charge < -0.3 is 5.32 Å². The Bertz CT molecular complexity index is 384. The van der Waals surface area contributed by atoms with Crippen molar-refractivity contribution in [3.8, 4) is 0 Å². The molecule has 0 amide bonds. The fourth-order valence-electron chi connectivity index (χ4n) is 2.61. The minimum atomic E-state index is 1.14. The third kappa shape index (κ3) is 9.73. The lowest BCUT2D eigenvalue weighted by Gasteiger charge is -2.05. The number of unbranched alkanes of at least 4 members (excludes halogenated alkanes) is 3. The average Bonchev–Trinajstić information content (AvgIpc) is 2.57. The Hall–Kier alpha value is -1.15. The van der Waals surface area contributed by atoms with Gasteiger partial charge in [0, 0.05) is 12.4 Å². The van der Waals surface area contributed by atoms with Crippen LogP contribution in [0.15, 0.2) is 36.2 Å². The van der Waals surface area contributed by atoms with Crippen molar-refractivity contribution in [3.63, 3.8) is 0 Å². The van der Waals surface area contributed by atoms with Crippen LogP contribution in [0.1, 0.15) is 70.8 Å². The highest BCUT2D eigenvalue weighted by atomic mass is 14.8. The van der Waals surface area contributed by atoms with E-state index in [0.717, 1.165) is 19.5 Å². The smallest absolute Gasteiger partial charge is 0.0299 e. The van der Waals surface area contributed by atoms with Gasteiger partial charge in [0.2, 0.25) is 0 Å². The van der Waals surface area contributed by atoms with Crippen molar-refractivity contribution >= 4 is 0 Å². The molecule has 0 aliphatic heterocycles. The highest BCUT2D eigenvalue weighted by Gasteiger charge is 1.95. The Kier molecular flexibility index (Phi) is 11.6. The van der Waals surface area contributed by atoms with Crippen LogP contribution in [0, 0.1) is 0 Å². The molecule has 1 heterocycles. The molecule has 0 saturated carbocycles. The standard InChI is InChI=1S/C20H34N2/c1-3-5-11-19(4-2)12-6-8-15-21-16-9-7-13-20-14-10-17-22-18-20/h10,12,14,17-18,21H,3-9,11,13,15-16H2,1-2H3. The van der Waals surface area contributed by atoms with Crippen LogP contribution in [0.2, 0.25) is 0 Å². The first-order chi connectivity index (χ1) is 10.9. The number of aromatic nitrogens is 1. The molecule has 22 heavy (non-hydrogen) atoms. The van der Waals surface area contributed by atoms with E-state index in [-0.39, 0.29) is 0 Å². The van der Waals surface area contributed by atoms with Gasteiger partial charge in [-0.05, 0) is 76.1 Å². The first-order valence-corrected chi connectivity index (χ1v) is 9.14. The molecule has 1 N–H and O–H groups in total. The number of rotatable bonds is 13. The maximum absolute atomic E-state index is 4.15. The van der Waals surface area contributed by atoms with E-state index in [2.05, 4.69) is 36.3 Å². The normalized spacial score (nSPS) is 11.8. The summed E-state index contributed by atoms with van der Waals surface area (Å²) in [5.74, 6) is 0. The molecule has 0 saturated heterocycles. The average molecular weight is 303 g/mol. The number of hydrogen-bond acceptors (Lipinski definition) is 2. The number of aryl methyl sites for hydroxylation is 1. The molecule has 0 radical (unpaired) electrons.